The summed E-state index contributed by atoms with van der Waals surface area (Å²) in [4.78, 5) is 11.4. The summed E-state index contributed by atoms with van der Waals surface area (Å²) in [6.07, 6.45) is 0. The van der Waals surface area contributed by atoms with E-state index in [0.29, 0.717) is 10.2 Å². The second-order valence-corrected chi connectivity index (χ2v) is 6.54. The van der Waals surface area contributed by atoms with Gasteiger partial charge in [-0.15, -0.1) is 0 Å². The van der Waals surface area contributed by atoms with Crippen LogP contribution in [0.4, 0.5) is 0 Å². The van der Waals surface area contributed by atoms with Crippen molar-refractivity contribution in [2.45, 2.75) is 9.34 Å². The molecule has 0 saturated heterocycles. The molecule has 0 aliphatic carbocycles. The molecule has 2 atom stereocenters. The molecule has 1 aliphatic heterocycles. The third-order valence-corrected chi connectivity index (χ3v) is 6.00. The van der Waals surface area contributed by atoms with Crippen molar-refractivity contribution in [1.82, 2.24) is 0 Å². The molecule has 0 radical (unpaired) electrons. The van der Waals surface area contributed by atoms with Gasteiger partial charge in [-0.2, -0.15) is 0 Å². The van der Waals surface area contributed by atoms with Crippen LogP contribution in [0.5, 0.6) is 0 Å². The Morgan fingerprint density at radius 3 is 2.50 bits per heavy atom. The highest BCUT2D eigenvalue weighted by atomic mass is 79.9. The molecule has 0 amide bonds. The lowest BCUT2D eigenvalue weighted by atomic mass is 10.1. The van der Waals surface area contributed by atoms with Gasteiger partial charge in [0.05, 0.1) is 11.9 Å². The number of cyclic esters (lactones) is 1. The zero-order valence-electron chi connectivity index (χ0n) is 9.32. The smallest absolute Gasteiger partial charge is 0.350 e. The Bertz CT molecular complexity index is 501. The molecule has 1 aromatic rings. The highest BCUT2D eigenvalue weighted by Gasteiger charge is 2.52. The van der Waals surface area contributed by atoms with Crippen molar-refractivity contribution in [3.05, 3.63) is 46.1 Å². The average Bonchev–Trinajstić information content (AvgIpc) is 2.61. The van der Waals surface area contributed by atoms with Gasteiger partial charge >= 0.3 is 5.97 Å². The fraction of sp³-hybridized carbons (Fsp3) is 0.250. The Hall–Kier alpha value is -0.330. The van der Waals surface area contributed by atoms with Gasteiger partial charge in [0.2, 0.25) is 4.51 Å². The van der Waals surface area contributed by atoms with Crippen LogP contribution in [0.15, 0.2) is 40.6 Å². The molecular weight excluding hydrogens is 432 g/mol. The van der Waals surface area contributed by atoms with Crippen LogP contribution in [-0.4, -0.2) is 17.6 Å². The first-order valence-corrected chi connectivity index (χ1v) is 7.56. The van der Waals surface area contributed by atoms with Crippen molar-refractivity contribution in [1.29, 1.82) is 0 Å². The van der Waals surface area contributed by atoms with Crippen molar-refractivity contribution in [3.8, 4) is 0 Å². The predicted molar refractivity (Wildman–Crippen MR) is 78.8 cm³/mol. The number of esters is 1. The first-order chi connectivity index (χ1) is 8.50. The molecule has 0 spiro atoms. The summed E-state index contributed by atoms with van der Waals surface area (Å²) in [7, 11) is 1.50. The fourth-order valence-electron chi connectivity index (χ4n) is 1.70. The van der Waals surface area contributed by atoms with Gasteiger partial charge in [-0.05, 0) is 37.4 Å². The third-order valence-electron chi connectivity index (χ3n) is 2.55. The molecule has 96 valence electrons. The standard InChI is InChI=1S/C12H9Br3O3/c1-17-10-8(13)11(16)18-12(10,15)9(14)7-5-3-2-4-6-7/h2-6,9H,1H3/t9-,12+/m0/s1. The summed E-state index contributed by atoms with van der Waals surface area (Å²) in [5.41, 5.74) is 0.971. The molecule has 1 aliphatic rings. The second kappa shape index (κ2) is 5.35. The highest BCUT2D eigenvalue weighted by molar-refractivity contribution is 9.13. The lowest BCUT2D eigenvalue weighted by Crippen LogP contribution is -2.30. The van der Waals surface area contributed by atoms with E-state index >= 15 is 0 Å². The average molecular weight is 441 g/mol. The number of halogens is 3. The Kier molecular flexibility index (Phi) is 4.18. The van der Waals surface area contributed by atoms with E-state index in [9.17, 15) is 4.79 Å². The number of hydrogen-bond donors (Lipinski definition) is 0. The molecule has 0 unspecified atom stereocenters. The molecule has 1 heterocycles. The maximum absolute atomic E-state index is 11.6. The van der Waals surface area contributed by atoms with E-state index in [1.165, 1.54) is 7.11 Å². The number of ether oxygens (including phenoxy) is 2. The summed E-state index contributed by atoms with van der Waals surface area (Å²) in [5, 5.41) is 0. The molecule has 0 bridgehead atoms. The monoisotopic (exact) mass is 438 g/mol. The van der Waals surface area contributed by atoms with Gasteiger partial charge in [-0.1, -0.05) is 46.3 Å². The zero-order valence-corrected chi connectivity index (χ0v) is 14.1. The molecule has 6 heteroatoms. The van der Waals surface area contributed by atoms with Gasteiger partial charge < -0.3 is 9.47 Å². The zero-order chi connectivity index (χ0) is 13.3. The second-order valence-electron chi connectivity index (χ2n) is 3.65. The molecule has 0 aromatic heterocycles. The number of hydrogen-bond acceptors (Lipinski definition) is 3. The Morgan fingerprint density at radius 2 is 1.94 bits per heavy atom. The molecular formula is C12H9Br3O3. The minimum atomic E-state index is -1.04. The normalized spacial score (nSPS) is 25.0. The molecule has 18 heavy (non-hydrogen) atoms. The van der Waals surface area contributed by atoms with Crippen molar-refractivity contribution >= 4 is 53.8 Å². The number of carbonyl (C=O) groups excluding carboxylic acids is 1. The molecule has 1 aromatic carbocycles. The van der Waals surface area contributed by atoms with Gasteiger partial charge in [-0.3, -0.25) is 0 Å². The van der Waals surface area contributed by atoms with Crippen LogP contribution in [0.2, 0.25) is 0 Å². The van der Waals surface area contributed by atoms with Crippen LogP contribution in [0.3, 0.4) is 0 Å². The molecule has 3 nitrogen and oxygen atoms in total. The molecule has 0 N–H and O–H groups in total. The van der Waals surface area contributed by atoms with Crippen molar-refractivity contribution in [2.75, 3.05) is 7.11 Å². The Morgan fingerprint density at radius 1 is 1.33 bits per heavy atom. The van der Waals surface area contributed by atoms with Crippen LogP contribution < -0.4 is 0 Å². The molecule has 2 rings (SSSR count). The van der Waals surface area contributed by atoms with E-state index in [1.54, 1.807) is 0 Å². The summed E-state index contributed by atoms with van der Waals surface area (Å²) in [6.45, 7) is 0. The lowest BCUT2D eigenvalue weighted by Gasteiger charge is -2.28. The van der Waals surface area contributed by atoms with Crippen LogP contribution in [0.25, 0.3) is 0 Å². The minimum absolute atomic E-state index is 0.264. The van der Waals surface area contributed by atoms with E-state index in [4.69, 9.17) is 9.47 Å². The summed E-state index contributed by atoms with van der Waals surface area (Å²) >= 11 is 10.2. The van der Waals surface area contributed by atoms with E-state index in [-0.39, 0.29) is 4.83 Å². The summed E-state index contributed by atoms with van der Waals surface area (Å²) in [5.74, 6) is -0.0395. The summed E-state index contributed by atoms with van der Waals surface area (Å²) < 4.78 is 9.88. The van der Waals surface area contributed by atoms with Gasteiger partial charge in [0, 0.05) is 0 Å². The first-order valence-electron chi connectivity index (χ1n) is 5.06. The SMILES string of the molecule is COC1=C(Br)C(=O)O[C@]1(Br)[C@@H](Br)c1ccccc1. The van der Waals surface area contributed by atoms with Gasteiger partial charge in [0.1, 0.15) is 4.48 Å². The van der Waals surface area contributed by atoms with Gasteiger partial charge in [0.15, 0.2) is 5.76 Å². The predicted octanol–water partition coefficient (Wildman–Crippen LogP) is 4.02. The van der Waals surface area contributed by atoms with E-state index in [1.807, 2.05) is 30.3 Å². The third kappa shape index (κ3) is 2.26. The van der Waals surface area contributed by atoms with E-state index < -0.39 is 10.5 Å². The van der Waals surface area contributed by atoms with Crippen LogP contribution in [0, 0.1) is 0 Å². The number of alkyl halides is 2. The quantitative estimate of drug-likeness (QED) is 0.526. The lowest BCUT2D eigenvalue weighted by molar-refractivity contribution is -0.141. The largest absolute Gasteiger partial charge is 0.494 e. The van der Waals surface area contributed by atoms with Crippen LogP contribution in [-0.2, 0) is 14.3 Å². The van der Waals surface area contributed by atoms with Crippen molar-refractivity contribution in [2.24, 2.45) is 0 Å². The number of rotatable bonds is 3. The van der Waals surface area contributed by atoms with Crippen LogP contribution >= 0.6 is 47.8 Å². The topological polar surface area (TPSA) is 35.5 Å². The van der Waals surface area contributed by atoms with E-state index in [2.05, 4.69) is 47.8 Å². The number of carbonyl (C=O) groups is 1. The molecule has 0 fully saturated rings. The number of benzene rings is 1. The molecule has 0 saturated carbocycles. The van der Waals surface area contributed by atoms with Crippen molar-refractivity contribution in [3.63, 3.8) is 0 Å². The van der Waals surface area contributed by atoms with Crippen molar-refractivity contribution < 1.29 is 14.3 Å². The Balaban J connectivity index is 2.41. The number of methoxy groups -OCH3 is 1. The fourth-order valence-corrected chi connectivity index (χ4v) is 3.88. The minimum Gasteiger partial charge on any atom is -0.494 e. The van der Waals surface area contributed by atoms with Gasteiger partial charge in [-0.25, -0.2) is 4.79 Å². The van der Waals surface area contributed by atoms with Crippen LogP contribution in [0.1, 0.15) is 10.4 Å². The summed E-state index contributed by atoms with van der Waals surface area (Å²) in [6, 6.07) is 9.64. The van der Waals surface area contributed by atoms with Gasteiger partial charge in [0.25, 0.3) is 0 Å². The maximum atomic E-state index is 11.6. The van der Waals surface area contributed by atoms with E-state index in [0.717, 1.165) is 5.56 Å². The highest BCUT2D eigenvalue weighted by Crippen LogP contribution is 2.52. The maximum Gasteiger partial charge on any atom is 0.350 e. The first kappa shape index (κ1) is 14.1. The Labute approximate surface area is 130 Å².